The van der Waals surface area contributed by atoms with Gasteiger partial charge < -0.3 is 0 Å². The van der Waals surface area contributed by atoms with Crippen LogP contribution in [0.25, 0.3) is 6.08 Å². The van der Waals surface area contributed by atoms with Gasteiger partial charge in [0.15, 0.2) is 5.78 Å². The van der Waals surface area contributed by atoms with E-state index in [0.29, 0.717) is 17.8 Å². The Hall–Kier alpha value is -1.70. The third-order valence-electron chi connectivity index (χ3n) is 4.57. The Kier molecular flexibility index (Phi) is 5.11. The number of allylic oxidation sites excluding steroid dienone is 3. The topological polar surface area (TPSA) is 30.0 Å². The molecule has 0 aliphatic heterocycles. The van der Waals surface area contributed by atoms with Crippen LogP contribution >= 0.6 is 0 Å². The first-order valence-electron chi connectivity index (χ1n) is 7.76. The molecule has 1 aliphatic rings. The molecule has 1 unspecified atom stereocenters. The summed E-state index contributed by atoms with van der Waals surface area (Å²) in [5.41, 5.74) is 2.74. The smallest absolute Gasteiger partial charge is 0.155 e. The number of carbonyl (C=O) groups excluding carboxylic acids is 1. The first-order chi connectivity index (χ1) is 9.99. The second-order valence-corrected chi connectivity index (χ2v) is 6.65. The van der Waals surface area contributed by atoms with Gasteiger partial charge in [-0.1, -0.05) is 31.6 Å². The van der Waals surface area contributed by atoms with Crippen molar-refractivity contribution < 1.29 is 4.79 Å². The zero-order valence-corrected chi connectivity index (χ0v) is 13.3. The highest BCUT2D eigenvalue weighted by molar-refractivity contribution is 5.93. The maximum atomic E-state index is 12.1. The van der Waals surface area contributed by atoms with Gasteiger partial charge in [-0.15, -0.1) is 0 Å². The molecule has 1 aliphatic carbocycles. The van der Waals surface area contributed by atoms with Crippen LogP contribution in [0.5, 0.6) is 0 Å². The number of hydrogen-bond acceptors (Lipinski definition) is 2. The molecule has 0 spiro atoms. The van der Waals surface area contributed by atoms with E-state index in [1.165, 1.54) is 18.4 Å². The Labute approximate surface area is 128 Å². The third kappa shape index (κ3) is 4.38. The normalized spacial score (nSPS) is 21.3. The van der Waals surface area contributed by atoms with E-state index < -0.39 is 0 Å². The molecule has 2 heteroatoms. The molecule has 112 valence electrons. The van der Waals surface area contributed by atoms with Gasteiger partial charge in [0.05, 0.1) is 0 Å². The van der Waals surface area contributed by atoms with Crippen molar-refractivity contribution in [1.82, 2.24) is 4.98 Å². The van der Waals surface area contributed by atoms with Crippen molar-refractivity contribution in [1.29, 1.82) is 0 Å². The van der Waals surface area contributed by atoms with Crippen LogP contribution in [-0.2, 0) is 4.79 Å². The lowest BCUT2D eigenvalue weighted by Gasteiger charge is -2.38. The van der Waals surface area contributed by atoms with E-state index >= 15 is 0 Å². The van der Waals surface area contributed by atoms with Crippen LogP contribution in [0.1, 0.15) is 52.0 Å². The molecule has 0 amide bonds. The van der Waals surface area contributed by atoms with Gasteiger partial charge in [0.1, 0.15) is 0 Å². The van der Waals surface area contributed by atoms with Gasteiger partial charge >= 0.3 is 0 Å². The van der Waals surface area contributed by atoms with Crippen LogP contribution in [0.3, 0.4) is 0 Å². The molecule has 2 rings (SSSR count). The molecule has 2 nitrogen and oxygen atoms in total. The number of pyridine rings is 1. The standard InChI is InChI=1S/C19H25NO/c1-15-6-4-12-19(2,3)18(15)11-10-17(21)9-8-16-7-5-13-20-14-16/h5-9,13-14,18H,4,10-12H2,1-3H3/b9-8+. The highest BCUT2D eigenvalue weighted by Crippen LogP contribution is 2.43. The zero-order chi connectivity index (χ0) is 15.3. The van der Waals surface area contributed by atoms with E-state index in [-0.39, 0.29) is 5.78 Å². The highest BCUT2D eigenvalue weighted by Gasteiger charge is 2.32. The van der Waals surface area contributed by atoms with E-state index in [0.717, 1.165) is 12.0 Å². The fourth-order valence-corrected chi connectivity index (χ4v) is 3.26. The summed E-state index contributed by atoms with van der Waals surface area (Å²) in [5.74, 6) is 0.731. The molecule has 1 aromatic rings. The number of rotatable bonds is 5. The summed E-state index contributed by atoms with van der Waals surface area (Å²) in [6.07, 6.45) is 13.3. The van der Waals surface area contributed by atoms with E-state index in [4.69, 9.17) is 0 Å². The maximum Gasteiger partial charge on any atom is 0.155 e. The maximum absolute atomic E-state index is 12.1. The summed E-state index contributed by atoms with van der Waals surface area (Å²) < 4.78 is 0. The minimum absolute atomic E-state index is 0.202. The SMILES string of the molecule is CC1=CCCC(C)(C)C1CCC(=O)/C=C/c1cccnc1. The molecule has 0 radical (unpaired) electrons. The predicted molar refractivity (Wildman–Crippen MR) is 87.8 cm³/mol. The van der Waals surface area contributed by atoms with Crippen molar-refractivity contribution in [3.63, 3.8) is 0 Å². The van der Waals surface area contributed by atoms with Crippen molar-refractivity contribution >= 4 is 11.9 Å². The lowest BCUT2D eigenvalue weighted by atomic mass is 9.67. The highest BCUT2D eigenvalue weighted by atomic mass is 16.1. The fraction of sp³-hybridized carbons (Fsp3) is 0.474. The van der Waals surface area contributed by atoms with E-state index in [1.54, 1.807) is 18.5 Å². The van der Waals surface area contributed by atoms with Crippen molar-refractivity contribution in [2.45, 2.75) is 46.5 Å². The number of carbonyl (C=O) groups is 1. The Bertz CT molecular complexity index is 540. The Morgan fingerprint density at radius 1 is 1.48 bits per heavy atom. The lowest BCUT2D eigenvalue weighted by Crippen LogP contribution is -2.28. The largest absolute Gasteiger partial charge is 0.295 e. The lowest BCUT2D eigenvalue weighted by molar-refractivity contribution is -0.114. The molecule has 0 saturated heterocycles. The van der Waals surface area contributed by atoms with Crippen molar-refractivity contribution in [2.75, 3.05) is 0 Å². The Morgan fingerprint density at radius 2 is 2.29 bits per heavy atom. The van der Waals surface area contributed by atoms with Crippen LogP contribution in [0.15, 0.2) is 42.3 Å². The summed E-state index contributed by atoms with van der Waals surface area (Å²) >= 11 is 0. The average molecular weight is 283 g/mol. The summed E-state index contributed by atoms with van der Waals surface area (Å²) in [6, 6.07) is 3.83. The third-order valence-corrected chi connectivity index (χ3v) is 4.57. The molecule has 0 bridgehead atoms. The van der Waals surface area contributed by atoms with Crippen LogP contribution in [0.4, 0.5) is 0 Å². The van der Waals surface area contributed by atoms with Gasteiger partial charge in [0.25, 0.3) is 0 Å². The molecular formula is C19H25NO. The minimum Gasteiger partial charge on any atom is -0.295 e. The minimum atomic E-state index is 0.202. The van der Waals surface area contributed by atoms with Gasteiger partial charge in [-0.05, 0) is 61.3 Å². The predicted octanol–water partition coefficient (Wildman–Crippen LogP) is 4.83. The summed E-state index contributed by atoms with van der Waals surface area (Å²) in [5, 5.41) is 0. The molecule has 0 N–H and O–H groups in total. The first-order valence-corrected chi connectivity index (χ1v) is 7.76. The van der Waals surface area contributed by atoms with Crippen LogP contribution in [0, 0.1) is 11.3 Å². The number of nitrogens with zero attached hydrogens (tertiary/aromatic N) is 1. The molecule has 1 aromatic heterocycles. The summed E-state index contributed by atoms with van der Waals surface area (Å²) in [6.45, 7) is 6.86. The quantitative estimate of drug-likeness (QED) is 0.572. The molecule has 21 heavy (non-hydrogen) atoms. The van der Waals surface area contributed by atoms with Crippen LogP contribution < -0.4 is 0 Å². The van der Waals surface area contributed by atoms with Crippen LogP contribution in [0.2, 0.25) is 0 Å². The Balaban J connectivity index is 1.90. The summed E-state index contributed by atoms with van der Waals surface area (Å²) in [7, 11) is 0. The monoisotopic (exact) mass is 283 g/mol. The van der Waals surface area contributed by atoms with Gasteiger partial charge in [-0.3, -0.25) is 9.78 Å². The average Bonchev–Trinajstić information content (AvgIpc) is 2.45. The van der Waals surface area contributed by atoms with Crippen molar-refractivity contribution in [3.8, 4) is 0 Å². The molecular weight excluding hydrogens is 258 g/mol. The second kappa shape index (κ2) is 6.84. The molecule has 1 heterocycles. The molecule has 0 aromatic carbocycles. The van der Waals surface area contributed by atoms with Crippen molar-refractivity contribution in [2.24, 2.45) is 11.3 Å². The van der Waals surface area contributed by atoms with Gasteiger partial charge in [0.2, 0.25) is 0 Å². The van der Waals surface area contributed by atoms with Gasteiger partial charge in [-0.25, -0.2) is 0 Å². The number of ketones is 1. The molecule has 1 atom stereocenters. The summed E-state index contributed by atoms with van der Waals surface area (Å²) in [4.78, 5) is 16.1. The fourth-order valence-electron chi connectivity index (χ4n) is 3.26. The van der Waals surface area contributed by atoms with E-state index in [2.05, 4.69) is 31.8 Å². The molecule has 0 fully saturated rings. The van der Waals surface area contributed by atoms with Crippen LogP contribution in [-0.4, -0.2) is 10.8 Å². The second-order valence-electron chi connectivity index (χ2n) is 6.65. The van der Waals surface area contributed by atoms with E-state index in [9.17, 15) is 4.79 Å². The van der Waals surface area contributed by atoms with Crippen molar-refractivity contribution in [3.05, 3.63) is 47.8 Å². The number of hydrogen-bond donors (Lipinski definition) is 0. The van der Waals surface area contributed by atoms with Gasteiger partial charge in [0, 0.05) is 18.8 Å². The zero-order valence-electron chi connectivity index (χ0n) is 13.3. The van der Waals surface area contributed by atoms with E-state index in [1.807, 2.05) is 18.2 Å². The number of aromatic nitrogens is 1. The van der Waals surface area contributed by atoms with Gasteiger partial charge in [-0.2, -0.15) is 0 Å². The first kappa shape index (κ1) is 15.7. The molecule has 0 saturated carbocycles. The Morgan fingerprint density at radius 3 is 2.95 bits per heavy atom.